The Kier molecular flexibility index (Phi) is 4.79. The molecule has 0 saturated heterocycles. The zero-order valence-electron chi connectivity index (χ0n) is 5.08. The molecular formula is C6H9NO2. The molecule has 0 bridgehead atoms. The van der Waals surface area contributed by atoms with Crippen molar-refractivity contribution in [3.63, 3.8) is 0 Å². The second-order valence-corrected chi connectivity index (χ2v) is 1.47. The summed E-state index contributed by atoms with van der Waals surface area (Å²) in [7, 11) is 0. The third kappa shape index (κ3) is 5.01. The lowest BCUT2D eigenvalue weighted by atomic mass is 10.4. The Hall–Kier alpha value is -0.850. The molecule has 3 heteroatoms. The first-order chi connectivity index (χ1) is 4.31. The molecule has 0 aliphatic rings. The van der Waals surface area contributed by atoms with Crippen molar-refractivity contribution in [2.24, 2.45) is 0 Å². The van der Waals surface area contributed by atoms with Gasteiger partial charge in [-0.05, 0) is 0 Å². The Morgan fingerprint density at radius 2 is 2.56 bits per heavy atom. The Balaban J connectivity index is 3.08. The fourth-order valence-electron chi connectivity index (χ4n) is 0.300. The largest absolute Gasteiger partial charge is 0.376 e. The maximum absolute atomic E-state index is 8.56. The third-order valence-electron chi connectivity index (χ3n) is 0.660. The highest BCUT2D eigenvalue weighted by Gasteiger charge is 1.97. The zero-order chi connectivity index (χ0) is 7.11. The number of aliphatic hydroxyl groups excluding tert-OH is 1. The predicted molar refractivity (Wildman–Crippen MR) is 32.6 cm³/mol. The molecule has 3 nitrogen and oxygen atoms in total. The number of hydrogen-bond donors (Lipinski definition) is 1. The molecule has 0 saturated carbocycles. The number of hydrogen-bond acceptors (Lipinski definition) is 3. The Labute approximate surface area is 54.2 Å². The standard InChI is InChI=1S/C6H9NO2/c1-2-3-9-5-6(8)4-7/h2,6,8H,1,3,5H2. The molecule has 1 unspecified atom stereocenters. The highest BCUT2D eigenvalue weighted by Crippen LogP contribution is 1.81. The zero-order valence-corrected chi connectivity index (χ0v) is 5.08. The van der Waals surface area contributed by atoms with E-state index in [1.807, 2.05) is 0 Å². The van der Waals surface area contributed by atoms with E-state index in [1.54, 1.807) is 12.1 Å². The highest BCUT2D eigenvalue weighted by molar-refractivity contribution is 4.81. The fraction of sp³-hybridized carbons (Fsp3) is 0.500. The molecule has 0 spiro atoms. The number of rotatable bonds is 4. The molecule has 1 N–H and O–H groups in total. The maximum Gasteiger partial charge on any atom is 0.163 e. The van der Waals surface area contributed by atoms with Crippen LogP contribution in [-0.4, -0.2) is 24.4 Å². The van der Waals surface area contributed by atoms with Gasteiger partial charge < -0.3 is 9.84 Å². The van der Waals surface area contributed by atoms with Crippen LogP contribution in [0.1, 0.15) is 0 Å². The van der Waals surface area contributed by atoms with Crippen LogP contribution in [0.3, 0.4) is 0 Å². The van der Waals surface area contributed by atoms with Crippen molar-refractivity contribution < 1.29 is 9.84 Å². The second kappa shape index (κ2) is 5.29. The van der Waals surface area contributed by atoms with Gasteiger partial charge in [-0.2, -0.15) is 5.26 Å². The molecule has 50 valence electrons. The lowest BCUT2D eigenvalue weighted by Gasteiger charge is -1.99. The Morgan fingerprint density at radius 1 is 1.89 bits per heavy atom. The van der Waals surface area contributed by atoms with Crippen LogP contribution in [0, 0.1) is 11.3 Å². The van der Waals surface area contributed by atoms with Crippen molar-refractivity contribution in [3.05, 3.63) is 12.7 Å². The van der Waals surface area contributed by atoms with Crippen LogP contribution < -0.4 is 0 Å². The molecular weight excluding hydrogens is 118 g/mol. The van der Waals surface area contributed by atoms with Crippen molar-refractivity contribution in [2.45, 2.75) is 6.10 Å². The van der Waals surface area contributed by atoms with E-state index in [-0.39, 0.29) is 6.61 Å². The van der Waals surface area contributed by atoms with Crippen molar-refractivity contribution >= 4 is 0 Å². The smallest absolute Gasteiger partial charge is 0.163 e. The molecule has 0 fully saturated rings. The number of nitriles is 1. The molecule has 0 rings (SSSR count). The summed E-state index contributed by atoms with van der Waals surface area (Å²) in [6.07, 6.45) is 0.550. The molecule has 0 aromatic carbocycles. The van der Waals surface area contributed by atoms with Crippen molar-refractivity contribution in [2.75, 3.05) is 13.2 Å². The molecule has 0 aromatic rings. The average molecular weight is 127 g/mol. The lowest BCUT2D eigenvalue weighted by molar-refractivity contribution is 0.0786. The first-order valence-corrected chi connectivity index (χ1v) is 2.57. The van der Waals surface area contributed by atoms with Crippen molar-refractivity contribution in [3.8, 4) is 6.07 Å². The van der Waals surface area contributed by atoms with E-state index < -0.39 is 6.10 Å². The summed E-state index contributed by atoms with van der Waals surface area (Å²) in [5.41, 5.74) is 0. The molecule has 0 amide bonds. The van der Waals surface area contributed by atoms with Crippen molar-refractivity contribution in [1.29, 1.82) is 5.26 Å². The van der Waals surface area contributed by atoms with E-state index in [9.17, 15) is 0 Å². The van der Waals surface area contributed by atoms with Gasteiger partial charge in [0.2, 0.25) is 0 Å². The Morgan fingerprint density at radius 3 is 3.00 bits per heavy atom. The second-order valence-electron chi connectivity index (χ2n) is 1.47. The van der Waals surface area contributed by atoms with Gasteiger partial charge in [-0.3, -0.25) is 0 Å². The van der Waals surface area contributed by atoms with Crippen LogP contribution in [0.5, 0.6) is 0 Å². The van der Waals surface area contributed by atoms with Gasteiger partial charge in [0.15, 0.2) is 6.10 Å². The summed E-state index contributed by atoms with van der Waals surface area (Å²) in [6, 6.07) is 1.62. The average Bonchev–Trinajstić information content (AvgIpc) is 1.89. The lowest BCUT2D eigenvalue weighted by Crippen LogP contribution is -2.12. The van der Waals surface area contributed by atoms with E-state index >= 15 is 0 Å². The van der Waals surface area contributed by atoms with Gasteiger partial charge in [-0.1, -0.05) is 6.08 Å². The molecule has 0 heterocycles. The number of nitrogens with zero attached hydrogens (tertiary/aromatic N) is 1. The van der Waals surface area contributed by atoms with Crippen LogP contribution in [0.25, 0.3) is 0 Å². The SMILES string of the molecule is C=CCOCC(O)C#N. The number of ether oxygens (including phenoxy) is 1. The Bertz CT molecular complexity index is 117. The quantitative estimate of drug-likeness (QED) is 0.330. The van der Waals surface area contributed by atoms with E-state index in [4.69, 9.17) is 15.1 Å². The first kappa shape index (κ1) is 8.15. The van der Waals surface area contributed by atoms with Gasteiger partial charge in [0.25, 0.3) is 0 Å². The maximum atomic E-state index is 8.56. The van der Waals surface area contributed by atoms with Crippen LogP contribution >= 0.6 is 0 Å². The predicted octanol–water partition coefficient (Wildman–Crippen LogP) is 0.0735. The summed E-state index contributed by atoms with van der Waals surface area (Å²) < 4.78 is 4.74. The van der Waals surface area contributed by atoms with Crippen molar-refractivity contribution in [1.82, 2.24) is 0 Å². The van der Waals surface area contributed by atoms with Crippen LogP contribution in [0.4, 0.5) is 0 Å². The highest BCUT2D eigenvalue weighted by atomic mass is 16.5. The molecule has 1 atom stereocenters. The van der Waals surface area contributed by atoms with E-state index in [1.165, 1.54) is 0 Å². The van der Waals surface area contributed by atoms with Gasteiger partial charge in [-0.15, -0.1) is 6.58 Å². The summed E-state index contributed by atoms with van der Waals surface area (Å²) >= 11 is 0. The summed E-state index contributed by atoms with van der Waals surface area (Å²) in [5, 5.41) is 16.6. The molecule has 0 radical (unpaired) electrons. The van der Waals surface area contributed by atoms with Gasteiger partial charge in [0.05, 0.1) is 19.3 Å². The summed E-state index contributed by atoms with van der Waals surface area (Å²) in [5.74, 6) is 0. The molecule has 9 heavy (non-hydrogen) atoms. The topological polar surface area (TPSA) is 53.2 Å². The molecule has 0 aliphatic carbocycles. The monoisotopic (exact) mass is 127 g/mol. The van der Waals surface area contributed by atoms with Gasteiger partial charge >= 0.3 is 0 Å². The molecule has 0 aliphatic heterocycles. The van der Waals surface area contributed by atoms with Crippen LogP contribution in [0.15, 0.2) is 12.7 Å². The normalized spacial score (nSPS) is 12.0. The van der Waals surface area contributed by atoms with E-state index in [0.29, 0.717) is 6.61 Å². The van der Waals surface area contributed by atoms with Crippen LogP contribution in [0.2, 0.25) is 0 Å². The van der Waals surface area contributed by atoms with E-state index in [2.05, 4.69) is 6.58 Å². The third-order valence-corrected chi connectivity index (χ3v) is 0.660. The fourth-order valence-corrected chi connectivity index (χ4v) is 0.300. The minimum atomic E-state index is -1.01. The van der Waals surface area contributed by atoms with E-state index in [0.717, 1.165) is 0 Å². The van der Waals surface area contributed by atoms with Gasteiger partial charge in [-0.25, -0.2) is 0 Å². The van der Waals surface area contributed by atoms with Gasteiger partial charge in [0, 0.05) is 0 Å². The minimum Gasteiger partial charge on any atom is -0.376 e. The molecule has 0 aromatic heterocycles. The number of aliphatic hydroxyl groups is 1. The summed E-state index contributed by atoms with van der Waals surface area (Å²) in [4.78, 5) is 0. The van der Waals surface area contributed by atoms with Gasteiger partial charge in [0.1, 0.15) is 0 Å². The first-order valence-electron chi connectivity index (χ1n) is 2.57. The van der Waals surface area contributed by atoms with Crippen LogP contribution in [-0.2, 0) is 4.74 Å². The summed E-state index contributed by atoms with van der Waals surface area (Å²) in [6.45, 7) is 3.83. The minimum absolute atomic E-state index is 0.0581.